The van der Waals surface area contributed by atoms with E-state index < -0.39 is 0 Å². The second-order valence-electron chi connectivity index (χ2n) is 3.34. The first-order valence-electron chi connectivity index (χ1n) is 4.61. The maximum Gasteiger partial charge on any atom is -0.0142 e. The van der Waals surface area contributed by atoms with Crippen molar-refractivity contribution in [1.82, 2.24) is 0 Å². The number of rotatable bonds is 6. The molecule has 0 saturated heterocycles. The Morgan fingerprint density at radius 1 is 1.36 bits per heavy atom. The zero-order valence-corrected chi connectivity index (χ0v) is 8.20. The summed E-state index contributed by atoms with van der Waals surface area (Å²) in [6.07, 6.45) is 13.1. The predicted octanol–water partition coefficient (Wildman–Crippen LogP) is 3.83. The van der Waals surface area contributed by atoms with Crippen LogP contribution in [-0.2, 0) is 0 Å². The van der Waals surface area contributed by atoms with Crippen molar-refractivity contribution >= 4 is 11.8 Å². The Balaban J connectivity index is 1.76. The Labute approximate surface area is 74.5 Å². The summed E-state index contributed by atoms with van der Waals surface area (Å²) in [5, 5.41) is 2.19. The molecule has 0 atom stereocenters. The summed E-state index contributed by atoms with van der Waals surface area (Å²) in [5.74, 6) is 1.12. The van der Waals surface area contributed by atoms with Gasteiger partial charge in [-0.25, -0.2) is 0 Å². The molecule has 0 aliphatic heterocycles. The Morgan fingerprint density at radius 2 is 2.18 bits per heavy atom. The number of hydrogen-bond donors (Lipinski definition) is 0. The SMILES string of the molecule is CSC=CCCCCC1CC1. The molecular formula is C10H18S. The van der Waals surface area contributed by atoms with Gasteiger partial charge in [-0.1, -0.05) is 31.8 Å². The summed E-state index contributed by atoms with van der Waals surface area (Å²) in [4.78, 5) is 0. The summed E-state index contributed by atoms with van der Waals surface area (Å²) in [6, 6.07) is 0. The Bertz CT molecular complexity index is 114. The Kier molecular flexibility index (Phi) is 4.76. The third-order valence-electron chi connectivity index (χ3n) is 2.16. The molecule has 1 aliphatic rings. The monoisotopic (exact) mass is 170 g/mol. The highest BCUT2D eigenvalue weighted by Crippen LogP contribution is 2.33. The highest BCUT2D eigenvalue weighted by Gasteiger charge is 2.19. The van der Waals surface area contributed by atoms with Crippen LogP contribution in [0.1, 0.15) is 38.5 Å². The van der Waals surface area contributed by atoms with Crippen LogP contribution in [0.5, 0.6) is 0 Å². The molecule has 0 radical (unpaired) electrons. The predicted molar refractivity (Wildman–Crippen MR) is 53.8 cm³/mol. The van der Waals surface area contributed by atoms with E-state index in [0.717, 1.165) is 5.92 Å². The van der Waals surface area contributed by atoms with E-state index in [4.69, 9.17) is 0 Å². The molecule has 64 valence electrons. The highest BCUT2D eigenvalue weighted by molar-refractivity contribution is 8.01. The summed E-state index contributed by atoms with van der Waals surface area (Å²) in [5.41, 5.74) is 0. The number of unbranched alkanes of at least 4 members (excludes halogenated alkanes) is 2. The normalized spacial score (nSPS) is 17.9. The quantitative estimate of drug-likeness (QED) is 0.546. The van der Waals surface area contributed by atoms with Crippen LogP contribution in [0.25, 0.3) is 0 Å². The summed E-state index contributed by atoms with van der Waals surface area (Å²) in [7, 11) is 0. The van der Waals surface area contributed by atoms with Gasteiger partial charge >= 0.3 is 0 Å². The lowest BCUT2D eigenvalue weighted by molar-refractivity contribution is 0.634. The van der Waals surface area contributed by atoms with Crippen LogP contribution in [0.4, 0.5) is 0 Å². The first kappa shape index (κ1) is 9.18. The Hall–Kier alpha value is 0.0900. The minimum Gasteiger partial charge on any atom is -0.138 e. The largest absolute Gasteiger partial charge is 0.138 e. The molecule has 11 heavy (non-hydrogen) atoms. The van der Waals surface area contributed by atoms with Gasteiger partial charge in [0, 0.05) is 0 Å². The van der Waals surface area contributed by atoms with Gasteiger partial charge in [-0.15, -0.1) is 11.8 Å². The second-order valence-corrected chi connectivity index (χ2v) is 4.08. The number of hydrogen-bond acceptors (Lipinski definition) is 1. The topological polar surface area (TPSA) is 0 Å². The average Bonchev–Trinajstić information content (AvgIpc) is 2.80. The zero-order valence-electron chi connectivity index (χ0n) is 7.38. The van der Waals surface area contributed by atoms with Crippen molar-refractivity contribution in [1.29, 1.82) is 0 Å². The van der Waals surface area contributed by atoms with Gasteiger partial charge in [-0.05, 0) is 30.4 Å². The van der Waals surface area contributed by atoms with E-state index in [1.807, 2.05) is 0 Å². The molecule has 0 nitrogen and oxygen atoms in total. The molecule has 0 N–H and O–H groups in total. The van der Waals surface area contributed by atoms with Gasteiger partial charge in [0.05, 0.1) is 0 Å². The molecule has 1 saturated carbocycles. The molecule has 0 amide bonds. The van der Waals surface area contributed by atoms with Gasteiger partial charge in [0.1, 0.15) is 0 Å². The molecule has 0 aromatic carbocycles. The fourth-order valence-corrected chi connectivity index (χ4v) is 1.59. The number of allylic oxidation sites excluding steroid dienone is 1. The molecule has 0 aromatic heterocycles. The third kappa shape index (κ3) is 5.37. The van der Waals surface area contributed by atoms with E-state index in [9.17, 15) is 0 Å². The van der Waals surface area contributed by atoms with E-state index in [1.165, 1.54) is 38.5 Å². The van der Waals surface area contributed by atoms with Crippen LogP contribution >= 0.6 is 11.8 Å². The van der Waals surface area contributed by atoms with Gasteiger partial charge in [0.15, 0.2) is 0 Å². The maximum absolute atomic E-state index is 2.29. The average molecular weight is 170 g/mol. The van der Waals surface area contributed by atoms with Gasteiger partial charge in [-0.3, -0.25) is 0 Å². The van der Waals surface area contributed by atoms with Crippen molar-refractivity contribution in [2.45, 2.75) is 38.5 Å². The molecule has 0 aromatic rings. The maximum atomic E-state index is 2.29. The smallest absolute Gasteiger partial charge is 0.0142 e. The first-order chi connectivity index (χ1) is 5.43. The van der Waals surface area contributed by atoms with Crippen molar-refractivity contribution in [3.63, 3.8) is 0 Å². The van der Waals surface area contributed by atoms with Crippen LogP contribution < -0.4 is 0 Å². The highest BCUT2D eigenvalue weighted by atomic mass is 32.2. The zero-order chi connectivity index (χ0) is 7.94. The molecule has 1 rings (SSSR count). The van der Waals surface area contributed by atoms with Crippen LogP contribution in [0.15, 0.2) is 11.5 Å². The Morgan fingerprint density at radius 3 is 2.82 bits per heavy atom. The van der Waals surface area contributed by atoms with Crippen molar-refractivity contribution in [2.75, 3.05) is 6.26 Å². The van der Waals surface area contributed by atoms with Crippen LogP contribution in [-0.4, -0.2) is 6.26 Å². The van der Waals surface area contributed by atoms with E-state index in [2.05, 4.69) is 17.7 Å². The molecular weight excluding hydrogens is 152 g/mol. The standard InChI is InChI=1S/C10H18S/c1-11-9-5-3-2-4-6-10-7-8-10/h5,9-10H,2-4,6-8H2,1H3. The van der Waals surface area contributed by atoms with Crippen molar-refractivity contribution in [3.05, 3.63) is 11.5 Å². The minimum atomic E-state index is 1.12. The first-order valence-corrected chi connectivity index (χ1v) is 5.90. The second kappa shape index (κ2) is 5.70. The lowest BCUT2D eigenvalue weighted by Crippen LogP contribution is -1.77. The van der Waals surface area contributed by atoms with E-state index in [0.29, 0.717) is 0 Å². The molecule has 0 bridgehead atoms. The molecule has 1 heteroatoms. The van der Waals surface area contributed by atoms with E-state index in [1.54, 1.807) is 11.8 Å². The number of thioether (sulfide) groups is 1. The van der Waals surface area contributed by atoms with E-state index >= 15 is 0 Å². The lowest BCUT2D eigenvalue weighted by atomic mass is 10.1. The van der Waals surface area contributed by atoms with Crippen LogP contribution in [0.2, 0.25) is 0 Å². The van der Waals surface area contributed by atoms with Gasteiger partial charge in [0.2, 0.25) is 0 Å². The van der Waals surface area contributed by atoms with Crippen molar-refractivity contribution < 1.29 is 0 Å². The molecule has 0 unspecified atom stereocenters. The summed E-state index contributed by atoms with van der Waals surface area (Å²) in [6.45, 7) is 0. The molecule has 0 heterocycles. The molecule has 1 aliphatic carbocycles. The summed E-state index contributed by atoms with van der Waals surface area (Å²) >= 11 is 1.80. The molecule has 1 fully saturated rings. The summed E-state index contributed by atoms with van der Waals surface area (Å²) < 4.78 is 0. The van der Waals surface area contributed by atoms with Gasteiger partial charge < -0.3 is 0 Å². The fraction of sp³-hybridized carbons (Fsp3) is 0.800. The van der Waals surface area contributed by atoms with Crippen LogP contribution in [0.3, 0.4) is 0 Å². The van der Waals surface area contributed by atoms with Crippen molar-refractivity contribution in [3.8, 4) is 0 Å². The lowest BCUT2D eigenvalue weighted by Gasteiger charge is -1.94. The van der Waals surface area contributed by atoms with Gasteiger partial charge in [0.25, 0.3) is 0 Å². The van der Waals surface area contributed by atoms with Crippen molar-refractivity contribution in [2.24, 2.45) is 5.92 Å². The third-order valence-corrected chi connectivity index (χ3v) is 2.63. The van der Waals surface area contributed by atoms with Gasteiger partial charge in [-0.2, -0.15) is 0 Å². The van der Waals surface area contributed by atoms with E-state index in [-0.39, 0.29) is 0 Å². The minimum absolute atomic E-state index is 1.12. The van der Waals surface area contributed by atoms with Crippen LogP contribution in [0, 0.1) is 5.92 Å². The fourth-order valence-electron chi connectivity index (χ4n) is 1.27. The molecule has 0 spiro atoms.